The maximum absolute atomic E-state index is 12.6. The van der Waals surface area contributed by atoms with E-state index in [2.05, 4.69) is 13.8 Å². The van der Waals surface area contributed by atoms with Crippen molar-refractivity contribution in [3.63, 3.8) is 0 Å². The van der Waals surface area contributed by atoms with Gasteiger partial charge in [-0.25, -0.2) is 0 Å². The Morgan fingerprint density at radius 1 is 1.41 bits per heavy atom. The molecule has 1 aromatic rings. The number of nitro groups is 1. The van der Waals surface area contributed by atoms with Crippen LogP contribution in [0.5, 0.6) is 5.75 Å². The lowest BCUT2D eigenvalue weighted by molar-refractivity contribution is -0.385. The SMILES string of the molecule is COc1cc(C(=O)N2CCSC(C)(C)CC2)ccc1[N+](=O)[O-]. The number of ether oxygens (including phenoxy) is 1. The lowest BCUT2D eigenvalue weighted by Crippen LogP contribution is -2.33. The number of hydrogen-bond acceptors (Lipinski definition) is 5. The Balaban J connectivity index is 2.20. The van der Waals surface area contributed by atoms with Crippen LogP contribution in [0.3, 0.4) is 0 Å². The van der Waals surface area contributed by atoms with Gasteiger partial charge in [-0.05, 0) is 12.5 Å². The summed E-state index contributed by atoms with van der Waals surface area (Å²) in [6, 6.07) is 4.26. The number of nitro benzene ring substituents is 1. The van der Waals surface area contributed by atoms with Gasteiger partial charge in [-0.15, -0.1) is 0 Å². The number of benzene rings is 1. The van der Waals surface area contributed by atoms with E-state index in [1.54, 1.807) is 0 Å². The summed E-state index contributed by atoms with van der Waals surface area (Å²) in [5.41, 5.74) is 0.291. The van der Waals surface area contributed by atoms with Crippen molar-refractivity contribution in [1.29, 1.82) is 0 Å². The summed E-state index contributed by atoms with van der Waals surface area (Å²) >= 11 is 1.86. The predicted octanol–water partition coefficient (Wildman–Crippen LogP) is 2.96. The average molecular weight is 324 g/mol. The zero-order chi connectivity index (χ0) is 16.3. The molecule has 22 heavy (non-hydrogen) atoms. The number of amides is 1. The van der Waals surface area contributed by atoms with Crippen LogP contribution in [0, 0.1) is 10.1 Å². The van der Waals surface area contributed by atoms with E-state index in [0.717, 1.165) is 12.2 Å². The van der Waals surface area contributed by atoms with Gasteiger partial charge in [-0.1, -0.05) is 13.8 Å². The Morgan fingerprint density at radius 2 is 2.14 bits per heavy atom. The topological polar surface area (TPSA) is 72.7 Å². The van der Waals surface area contributed by atoms with Crippen LogP contribution < -0.4 is 4.74 Å². The minimum absolute atomic E-state index is 0.105. The Morgan fingerprint density at radius 3 is 2.77 bits per heavy atom. The van der Waals surface area contributed by atoms with Crippen LogP contribution in [-0.4, -0.2) is 46.4 Å². The monoisotopic (exact) mass is 324 g/mol. The van der Waals surface area contributed by atoms with E-state index in [9.17, 15) is 14.9 Å². The van der Waals surface area contributed by atoms with E-state index < -0.39 is 4.92 Å². The number of methoxy groups -OCH3 is 1. The fraction of sp³-hybridized carbons (Fsp3) is 0.533. The van der Waals surface area contributed by atoms with Gasteiger partial charge >= 0.3 is 5.69 Å². The predicted molar refractivity (Wildman–Crippen MR) is 86.7 cm³/mol. The summed E-state index contributed by atoms with van der Waals surface area (Å²) in [6.07, 6.45) is 0.924. The first-order chi connectivity index (χ1) is 10.3. The van der Waals surface area contributed by atoms with E-state index in [0.29, 0.717) is 18.7 Å². The van der Waals surface area contributed by atoms with Crippen LogP contribution in [0.15, 0.2) is 18.2 Å². The van der Waals surface area contributed by atoms with Crippen molar-refractivity contribution in [1.82, 2.24) is 4.90 Å². The van der Waals surface area contributed by atoms with Crippen LogP contribution in [0.1, 0.15) is 30.6 Å². The first-order valence-electron chi connectivity index (χ1n) is 7.10. The van der Waals surface area contributed by atoms with Crippen molar-refractivity contribution < 1.29 is 14.5 Å². The van der Waals surface area contributed by atoms with Gasteiger partial charge < -0.3 is 9.64 Å². The molecule has 120 valence electrons. The fourth-order valence-corrected chi connectivity index (χ4v) is 3.47. The number of carbonyl (C=O) groups excluding carboxylic acids is 1. The maximum Gasteiger partial charge on any atom is 0.310 e. The van der Waals surface area contributed by atoms with Gasteiger partial charge in [0.1, 0.15) is 0 Å². The summed E-state index contributed by atoms with van der Waals surface area (Å²) < 4.78 is 5.19. The molecule has 0 bridgehead atoms. The second kappa shape index (κ2) is 6.56. The lowest BCUT2D eigenvalue weighted by Gasteiger charge is -2.22. The molecule has 0 N–H and O–H groups in total. The third kappa shape index (κ3) is 3.71. The van der Waals surface area contributed by atoms with Gasteiger partial charge in [0.25, 0.3) is 5.91 Å². The highest BCUT2D eigenvalue weighted by Gasteiger charge is 2.27. The molecule has 1 aliphatic heterocycles. The third-order valence-corrected chi connectivity index (χ3v) is 5.12. The van der Waals surface area contributed by atoms with Gasteiger partial charge in [-0.2, -0.15) is 11.8 Å². The number of rotatable bonds is 3. The second-order valence-electron chi connectivity index (χ2n) is 5.79. The molecule has 0 aromatic heterocycles. The minimum atomic E-state index is -0.516. The Bertz CT molecular complexity index is 589. The third-order valence-electron chi connectivity index (χ3n) is 3.75. The number of nitrogens with zero attached hydrogens (tertiary/aromatic N) is 2. The molecule has 0 aliphatic carbocycles. The molecule has 1 fully saturated rings. The van der Waals surface area contributed by atoms with Crippen molar-refractivity contribution in [3.05, 3.63) is 33.9 Å². The number of carbonyl (C=O) groups is 1. The molecule has 0 unspecified atom stereocenters. The fourth-order valence-electron chi connectivity index (χ4n) is 2.37. The van der Waals surface area contributed by atoms with Gasteiger partial charge in [-0.3, -0.25) is 14.9 Å². The van der Waals surface area contributed by atoms with Crippen molar-refractivity contribution in [2.45, 2.75) is 25.0 Å². The van der Waals surface area contributed by atoms with Crippen LogP contribution in [-0.2, 0) is 0 Å². The normalized spacial score (nSPS) is 17.7. The standard InChI is InChI=1S/C15H20N2O4S/c1-15(2)6-7-16(8-9-22-15)14(18)11-4-5-12(17(19)20)13(10-11)21-3/h4-5,10H,6-9H2,1-3H3. The summed E-state index contributed by atoms with van der Waals surface area (Å²) in [7, 11) is 1.36. The van der Waals surface area contributed by atoms with Crippen LogP contribution >= 0.6 is 11.8 Å². The molecule has 1 heterocycles. The Labute approximate surface area is 134 Å². The van der Waals surface area contributed by atoms with Crippen LogP contribution in [0.25, 0.3) is 0 Å². The van der Waals surface area contributed by atoms with Crippen molar-refractivity contribution in [3.8, 4) is 5.75 Å². The molecule has 0 atom stereocenters. The molecule has 1 saturated heterocycles. The van der Waals surface area contributed by atoms with Crippen LogP contribution in [0.2, 0.25) is 0 Å². The number of hydrogen-bond donors (Lipinski definition) is 0. The summed E-state index contributed by atoms with van der Waals surface area (Å²) in [4.78, 5) is 24.8. The summed E-state index contributed by atoms with van der Waals surface area (Å²) in [5, 5.41) is 10.9. The molecule has 0 saturated carbocycles. The first kappa shape index (κ1) is 16.6. The van der Waals surface area contributed by atoms with E-state index >= 15 is 0 Å². The van der Waals surface area contributed by atoms with E-state index in [1.165, 1.54) is 25.3 Å². The first-order valence-corrected chi connectivity index (χ1v) is 8.08. The Hall–Kier alpha value is -1.76. The smallest absolute Gasteiger partial charge is 0.310 e. The molecule has 6 nitrogen and oxygen atoms in total. The van der Waals surface area contributed by atoms with Gasteiger partial charge in [0.2, 0.25) is 0 Å². The van der Waals surface area contributed by atoms with Gasteiger partial charge in [0.15, 0.2) is 5.75 Å². The molecule has 0 spiro atoms. The largest absolute Gasteiger partial charge is 0.490 e. The highest BCUT2D eigenvalue weighted by atomic mass is 32.2. The molecular formula is C15H20N2O4S. The zero-order valence-electron chi connectivity index (χ0n) is 13.0. The average Bonchev–Trinajstić information content (AvgIpc) is 2.66. The van der Waals surface area contributed by atoms with Crippen LogP contribution in [0.4, 0.5) is 5.69 Å². The maximum atomic E-state index is 12.6. The highest BCUT2D eigenvalue weighted by Crippen LogP contribution is 2.32. The van der Waals surface area contributed by atoms with Crippen molar-refractivity contribution >= 4 is 23.4 Å². The molecule has 1 amide bonds. The molecule has 1 aromatic carbocycles. The molecule has 1 aliphatic rings. The lowest BCUT2D eigenvalue weighted by atomic mass is 10.1. The highest BCUT2D eigenvalue weighted by molar-refractivity contribution is 8.00. The minimum Gasteiger partial charge on any atom is -0.490 e. The molecule has 7 heteroatoms. The van der Waals surface area contributed by atoms with Crippen molar-refractivity contribution in [2.24, 2.45) is 0 Å². The molecule has 2 rings (SSSR count). The summed E-state index contributed by atoms with van der Waals surface area (Å²) in [6.45, 7) is 5.74. The van der Waals surface area contributed by atoms with E-state index in [4.69, 9.17) is 4.74 Å². The van der Waals surface area contributed by atoms with E-state index in [1.807, 2.05) is 16.7 Å². The summed E-state index contributed by atoms with van der Waals surface area (Å²) in [5.74, 6) is 0.898. The number of thioether (sulfide) groups is 1. The molecular weight excluding hydrogens is 304 g/mol. The van der Waals surface area contributed by atoms with E-state index in [-0.39, 0.29) is 22.1 Å². The zero-order valence-corrected chi connectivity index (χ0v) is 13.8. The molecule has 0 radical (unpaired) electrons. The van der Waals surface area contributed by atoms with Gasteiger partial charge in [0.05, 0.1) is 12.0 Å². The quantitative estimate of drug-likeness (QED) is 0.631. The second-order valence-corrected chi connectivity index (χ2v) is 7.60. The Kier molecular flexibility index (Phi) is 4.95. The van der Waals surface area contributed by atoms with Gasteiger partial charge in [0, 0.05) is 41.3 Å². The van der Waals surface area contributed by atoms with Crippen molar-refractivity contribution in [2.75, 3.05) is 26.0 Å².